The Balaban J connectivity index is 1.94. The minimum atomic E-state index is -0.0768. The normalized spacial score (nSPS) is 19.5. The highest BCUT2D eigenvalue weighted by atomic mass is 32.1. The molecule has 4 nitrogen and oxygen atoms in total. The number of rotatable bonds is 5. The van der Waals surface area contributed by atoms with Crippen LogP contribution in [0.4, 0.5) is 0 Å². The summed E-state index contributed by atoms with van der Waals surface area (Å²) in [4.78, 5) is 29.0. The van der Waals surface area contributed by atoms with Gasteiger partial charge in [0.1, 0.15) is 0 Å². The second kappa shape index (κ2) is 7.95. The molecule has 2 heterocycles. The maximum absolute atomic E-state index is 12.6. The van der Waals surface area contributed by atoms with Crippen molar-refractivity contribution >= 4 is 23.2 Å². The molecule has 1 fully saturated rings. The molecule has 2 rings (SSSR count). The predicted octanol–water partition coefficient (Wildman–Crippen LogP) is 3.58. The first kappa shape index (κ1) is 18.0. The lowest BCUT2D eigenvalue weighted by molar-refractivity contribution is -0.135. The maximum Gasteiger partial charge on any atom is 0.225 e. The molecule has 2 atom stereocenters. The van der Waals surface area contributed by atoms with Crippen LogP contribution in [0.2, 0.25) is 0 Å². The third-order valence-electron chi connectivity index (χ3n) is 4.51. The molecule has 1 aliphatic rings. The second-order valence-electron chi connectivity index (χ2n) is 6.53. The molecule has 0 spiro atoms. The Morgan fingerprint density at radius 3 is 2.78 bits per heavy atom. The van der Waals surface area contributed by atoms with Crippen LogP contribution in [0.5, 0.6) is 0 Å². The fourth-order valence-corrected chi connectivity index (χ4v) is 4.30. The molecule has 128 valence electrons. The number of hydrogen-bond acceptors (Lipinski definition) is 3. The Labute approximate surface area is 143 Å². The van der Waals surface area contributed by atoms with E-state index in [-0.39, 0.29) is 23.8 Å². The van der Waals surface area contributed by atoms with E-state index in [9.17, 15) is 9.59 Å². The number of piperidine rings is 1. The van der Waals surface area contributed by atoms with Crippen LogP contribution in [-0.4, -0.2) is 29.8 Å². The lowest BCUT2D eigenvalue weighted by Gasteiger charge is -2.32. The molecule has 0 saturated carbocycles. The van der Waals surface area contributed by atoms with Gasteiger partial charge in [-0.3, -0.25) is 9.59 Å². The van der Waals surface area contributed by atoms with E-state index in [1.807, 2.05) is 18.7 Å². The molecular formula is C18H28N2O2S. The number of likely N-dealkylation sites (tertiary alicyclic amines) is 1. The zero-order valence-corrected chi connectivity index (χ0v) is 15.5. The van der Waals surface area contributed by atoms with Crippen LogP contribution in [0.3, 0.4) is 0 Å². The highest BCUT2D eigenvalue weighted by Gasteiger charge is 2.29. The number of carbonyl (C=O) groups excluding carboxylic acids is 2. The van der Waals surface area contributed by atoms with Gasteiger partial charge in [-0.05, 0) is 51.7 Å². The maximum atomic E-state index is 12.6. The monoisotopic (exact) mass is 336 g/mol. The van der Waals surface area contributed by atoms with Crippen LogP contribution in [0.25, 0.3) is 0 Å². The molecule has 0 aromatic carbocycles. The van der Waals surface area contributed by atoms with E-state index in [0.29, 0.717) is 13.0 Å². The van der Waals surface area contributed by atoms with Crippen LogP contribution in [0, 0.1) is 19.8 Å². The van der Waals surface area contributed by atoms with Gasteiger partial charge in [0.05, 0.1) is 12.0 Å². The standard InChI is InChI=1S/C18H28N2O2S/c1-5-7-17(21)20-9-6-8-15(11-20)18(22)19-13(3)16-10-12(2)23-14(16)4/h10,13,15H,5-9,11H2,1-4H3,(H,19,22)/t13-,15-/m0/s1. The van der Waals surface area contributed by atoms with Gasteiger partial charge in [-0.25, -0.2) is 0 Å². The highest BCUT2D eigenvalue weighted by Crippen LogP contribution is 2.27. The molecule has 0 bridgehead atoms. The van der Waals surface area contributed by atoms with Crippen molar-refractivity contribution in [3.8, 4) is 0 Å². The number of amides is 2. The van der Waals surface area contributed by atoms with Crippen molar-refractivity contribution in [3.05, 3.63) is 21.4 Å². The molecule has 0 radical (unpaired) electrons. The highest BCUT2D eigenvalue weighted by molar-refractivity contribution is 7.12. The first-order chi connectivity index (χ1) is 10.9. The van der Waals surface area contributed by atoms with Gasteiger partial charge in [-0.1, -0.05) is 6.92 Å². The fourth-order valence-electron chi connectivity index (χ4n) is 3.28. The molecule has 23 heavy (non-hydrogen) atoms. The van der Waals surface area contributed by atoms with Crippen molar-refractivity contribution in [3.63, 3.8) is 0 Å². The van der Waals surface area contributed by atoms with E-state index in [2.05, 4.69) is 25.2 Å². The fraction of sp³-hybridized carbons (Fsp3) is 0.667. The summed E-state index contributed by atoms with van der Waals surface area (Å²) in [5.74, 6) is 0.184. The molecule has 1 saturated heterocycles. The first-order valence-electron chi connectivity index (χ1n) is 8.57. The summed E-state index contributed by atoms with van der Waals surface area (Å²) in [5.41, 5.74) is 1.20. The van der Waals surface area contributed by atoms with Crippen molar-refractivity contribution in [2.75, 3.05) is 13.1 Å². The minimum absolute atomic E-state index is 0.0224. The first-order valence-corrected chi connectivity index (χ1v) is 9.39. The molecule has 2 amide bonds. The molecule has 1 aliphatic heterocycles. The number of hydrogen-bond donors (Lipinski definition) is 1. The molecule has 1 N–H and O–H groups in total. The molecule has 5 heteroatoms. The van der Waals surface area contributed by atoms with Gasteiger partial charge in [0.25, 0.3) is 0 Å². The van der Waals surface area contributed by atoms with Gasteiger partial charge in [0.15, 0.2) is 0 Å². The van der Waals surface area contributed by atoms with Gasteiger partial charge in [-0.15, -0.1) is 11.3 Å². The molecular weight excluding hydrogens is 308 g/mol. The van der Waals surface area contributed by atoms with E-state index < -0.39 is 0 Å². The number of carbonyl (C=O) groups is 2. The summed E-state index contributed by atoms with van der Waals surface area (Å²) >= 11 is 1.77. The average Bonchev–Trinajstić information content (AvgIpc) is 2.86. The number of nitrogens with zero attached hydrogens (tertiary/aromatic N) is 1. The number of aryl methyl sites for hydroxylation is 2. The third kappa shape index (κ3) is 4.56. The van der Waals surface area contributed by atoms with Crippen molar-refractivity contribution in [1.29, 1.82) is 0 Å². The predicted molar refractivity (Wildman–Crippen MR) is 94.6 cm³/mol. The Morgan fingerprint density at radius 2 is 2.17 bits per heavy atom. The molecule has 1 aromatic rings. The zero-order valence-electron chi connectivity index (χ0n) is 14.6. The van der Waals surface area contributed by atoms with Crippen molar-refractivity contribution < 1.29 is 9.59 Å². The van der Waals surface area contributed by atoms with E-state index in [1.165, 1.54) is 15.3 Å². The van der Waals surface area contributed by atoms with Crippen LogP contribution in [0.15, 0.2) is 6.07 Å². The second-order valence-corrected chi connectivity index (χ2v) is 7.99. The van der Waals surface area contributed by atoms with E-state index in [4.69, 9.17) is 0 Å². The minimum Gasteiger partial charge on any atom is -0.349 e. The summed E-state index contributed by atoms with van der Waals surface area (Å²) in [5, 5.41) is 3.14. The summed E-state index contributed by atoms with van der Waals surface area (Å²) in [6.45, 7) is 9.60. The van der Waals surface area contributed by atoms with Gasteiger partial charge in [-0.2, -0.15) is 0 Å². The zero-order chi connectivity index (χ0) is 17.0. The Hall–Kier alpha value is -1.36. The van der Waals surface area contributed by atoms with Gasteiger partial charge < -0.3 is 10.2 Å². The topological polar surface area (TPSA) is 49.4 Å². The largest absolute Gasteiger partial charge is 0.349 e. The molecule has 0 aliphatic carbocycles. The lowest BCUT2D eigenvalue weighted by atomic mass is 9.96. The lowest BCUT2D eigenvalue weighted by Crippen LogP contribution is -2.45. The summed E-state index contributed by atoms with van der Waals surface area (Å²) in [7, 11) is 0. The van der Waals surface area contributed by atoms with Gasteiger partial charge in [0, 0.05) is 29.3 Å². The Kier molecular flexibility index (Phi) is 6.22. The van der Waals surface area contributed by atoms with Gasteiger partial charge in [0.2, 0.25) is 11.8 Å². The SMILES string of the molecule is CCCC(=O)N1CCC[C@H](C(=O)N[C@@H](C)c2cc(C)sc2C)C1. The summed E-state index contributed by atoms with van der Waals surface area (Å²) in [6, 6.07) is 2.18. The number of nitrogens with one attached hydrogen (secondary N) is 1. The van der Waals surface area contributed by atoms with Crippen LogP contribution >= 0.6 is 11.3 Å². The summed E-state index contributed by atoms with van der Waals surface area (Å²) < 4.78 is 0. The quantitative estimate of drug-likeness (QED) is 0.893. The Morgan fingerprint density at radius 1 is 1.43 bits per heavy atom. The average molecular weight is 337 g/mol. The van der Waals surface area contributed by atoms with Gasteiger partial charge >= 0.3 is 0 Å². The van der Waals surface area contributed by atoms with E-state index >= 15 is 0 Å². The van der Waals surface area contributed by atoms with Crippen LogP contribution in [0.1, 0.15) is 60.9 Å². The number of thiophene rings is 1. The van der Waals surface area contributed by atoms with Crippen LogP contribution < -0.4 is 5.32 Å². The van der Waals surface area contributed by atoms with E-state index in [1.54, 1.807) is 11.3 Å². The van der Waals surface area contributed by atoms with E-state index in [0.717, 1.165) is 25.8 Å². The smallest absolute Gasteiger partial charge is 0.225 e. The molecule has 1 aromatic heterocycles. The van der Waals surface area contributed by atoms with Crippen molar-refractivity contribution in [2.45, 2.75) is 59.4 Å². The van der Waals surface area contributed by atoms with Crippen molar-refractivity contribution in [1.82, 2.24) is 10.2 Å². The molecule has 0 unspecified atom stereocenters. The third-order valence-corrected chi connectivity index (χ3v) is 5.50. The van der Waals surface area contributed by atoms with Crippen molar-refractivity contribution in [2.24, 2.45) is 5.92 Å². The summed E-state index contributed by atoms with van der Waals surface area (Å²) in [6.07, 6.45) is 3.23. The van der Waals surface area contributed by atoms with Crippen LogP contribution in [-0.2, 0) is 9.59 Å². The Bertz CT molecular complexity index is 567.